The number of rotatable bonds is 3. The third kappa shape index (κ3) is 3.51. The lowest BCUT2D eigenvalue weighted by Gasteiger charge is -2.25. The zero-order valence-corrected chi connectivity index (χ0v) is 9.33. The van der Waals surface area contributed by atoms with Crippen LogP contribution in [0, 0.1) is 5.41 Å². The first-order chi connectivity index (χ1) is 6.50. The molecular weight excluding hydrogens is 172 g/mol. The highest BCUT2D eigenvalue weighted by Gasteiger charge is 2.21. The molecule has 0 fully saturated rings. The van der Waals surface area contributed by atoms with E-state index in [-0.39, 0.29) is 11.5 Å². The van der Waals surface area contributed by atoms with Crippen LogP contribution < -0.4 is 0 Å². The van der Waals surface area contributed by atoms with Crippen LogP contribution in [0.2, 0.25) is 0 Å². The molecule has 0 aliphatic heterocycles. The Balaban J connectivity index is 2.42. The fourth-order valence-electron chi connectivity index (χ4n) is 1.38. The minimum atomic E-state index is -0.220. The van der Waals surface area contributed by atoms with Crippen LogP contribution in [0.5, 0.6) is 0 Å². The number of hydrogen-bond acceptors (Lipinski definition) is 1. The van der Waals surface area contributed by atoms with Gasteiger partial charge in [-0.3, -0.25) is 0 Å². The van der Waals surface area contributed by atoms with Crippen LogP contribution in [0.1, 0.15) is 32.8 Å². The van der Waals surface area contributed by atoms with Crippen molar-refractivity contribution in [1.82, 2.24) is 0 Å². The van der Waals surface area contributed by atoms with Crippen molar-refractivity contribution in [2.45, 2.75) is 39.7 Å². The molecule has 0 aromatic heterocycles. The van der Waals surface area contributed by atoms with Gasteiger partial charge in [-0.1, -0.05) is 51.1 Å². The first kappa shape index (κ1) is 11.3. The number of benzene rings is 1. The lowest BCUT2D eigenvalue weighted by molar-refractivity contribution is 0.0560. The number of aliphatic hydroxyl groups excluding tert-OH is 1. The zero-order valence-electron chi connectivity index (χ0n) is 9.33. The Morgan fingerprint density at radius 2 is 1.71 bits per heavy atom. The second kappa shape index (κ2) is 4.61. The highest BCUT2D eigenvalue weighted by Crippen LogP contribution is 2.22. The fourth-order valence-corrected chi connectivity index (χ4v) is 1.38. The van der Waals surface area contributed by atoms with Crippen LogP contribution in [-0.4, -0.2) is 11.2 Å². The van der Waals surface area contributed by atoms with E-state index in [1.165, 1.54) is 5.56 Å². The van der Waals surface area contributed by atoms with Gasteiger partial charge in [-0.05, 0) is 23.8 Å². The third-order valence-corrected chi connectivity index (χ3v) is 2.55. The monoisotopic (exact) mass is 192 g/mol. The van der Waals surface area contributed by atoms with Crippen molar-refractivity contribution in [3.63, 3.8) is 0 Å². The van der Waals surface area contributed by atoms with Crippen LogP contribution >= 0.6 is 0 Å². The molecule has 0 bridgehead atoms. The fraction of sp³-hybridized carbons (Fsp3) is 0.538. The molecule has 1 aromatic rings. The SMILES string of the molecule is CC(C)(C)C(O)CCc1ccccc1. The van der Waals surface area contributed by atoms with Gasteiger partial charge in [-0.25, -0.2) is 0 Å². The molecule has 14 heavy (non-hydrogen) atoms. The minimum absolute atomic E-state index is 0.00518. The van der Waals surface area contributed by atoms with Gasteiger partial charge in [0.2, 0.25) is 0 Å². The summed E-state index contributed by atoms with van der Waals surface area (Å²) in [7, 11) is 0. The van der Waals surface area contributed by atoms with Gasteiger partial charge in [0.15, 0.2) is 0 Å². The standard InChI is InChI=1S/C13H20O/c1-13(2,3)12(14)10-9-11-7-5-4-6-8-11/h4-8,12,14H,9-10H2,1-3H3. The van der Waals surface area contributed by atoms with Crippen molar-refractivity contribution in [1.29, 1.82) is 0 Å². The molecule has 1 aromatic carbocycles. The molecule has 0 aliphatic carbocycles. The van der Waals surface area contributed by atoms with Crippen molar-refractivity contribution in [3.05, 3.63) is 35.9 Å². The maximum Gasteiger partial charge on any atom is 0.0591 e. The lowest BCUT2D eigenvalue weighted by atomic mass is 9.86. The Kier molecular flexibility index (Phi) is 3.70. The van der Waals surface area contributed by atoms with Gasteiger partial charge in [0.05, 0.1) is 6.10 Å². The summed E-state index contributed by atoms with van der Waals surface area (Å²) in [5, 5.41) is 9.85. The third-order valence-electron chi connectivity index (χ3n) is 2.55. The van der Waals surface area contributed by atoms with Gasteiger partial charge in [-0.15, -0.1) is 0 Å². The highest BCUT2D eigenvalue weighted by atomic mass is 16.3. The first-order valence-corrected chi connectivity index (χ1v) is 5.22. The van der Waals surface area contributed by atoms with Crippen LogP contribution in [0.3, 0.4) is 0 Å². The van der Waals surface area contributed by atoms with Crippen LogP contribution in [0.25, 0.3) is 0 Å². The summed E-state index contributed by atoms with van der Waals surface area (Å²) in [6, 6.07) is 10.3. The van der Waals surface area contributed by atoms with E-state index in [0.717, 1.165) is 12.8 Å². The zero-order chi connectivity index (χ0) is 10.6. The maximum absolute atomic E-state index is 9.85. The largest absolute Gasteiger partial charge is 0.393 e. The van der Waals surface area contributed by atoms with Crippen molar-refractivity contribution in [2.24, 2.45) is 5.41 Å². The van der Waals surface area contributed by atoms with E-state index in [2.05, 4.69) is 32.9 Å². The predicted molar refractivity (Wildman–Crippen MR) is 60.2 cm³/mol. The van der Waals surface area contributed by atoms with Gasteiger partial charge < -0.3 is 5.11 Å². The first-order valence-electron chi connectivity index (χ1n) is 5.22. The molecule has 0 amide bonds. The molecule has 1 N–H and O–H groups in total. The molecular formula is C13H20O. The molecule has 0 spiro atoms. The van der Waals surface area contributed by atoms with Crippen LogP contribution in [0.15, 0.2) is 30.3 Å². The summed E-state index contributed by atoms with van der Waals surface area (Å²) < 4.78 is 0. The normalized spacial score (nSPS) is 14.0. The van der Waals surface area contributed by atoms with Crippen LogP contribution in [-0.2, 0) is 6.42 Å². The summed E-state index contributed by atoms with van der Waals surface area (Å²) >= 11 is 0. The van der Waals surface area contributed by atoms with Crippen LogP contribution in [0.4, 0.5) is 0 Å². The van der Waals surface area contributed by atoms with Crippen molar-refractivity contribution in [2.75, 3.05) is 0 Å². The van der Waals surface area contributed by atoms with E-state index in [1.807, 2.05) is 18.2 Å². The molecule has 1 heteroatoms. The summed E-state index contributed by atoms with van der Waals surface area (Å²) in [5.41, 5.74) is 1.30. The predicted octanol–water partition coefficient (Wildman–Crippen LogP) is 3.03. The maximum atomic E-state index is 9.85. The second-order valence-corrected chi connectivity index (χ2v) is 4.91. The molecule has 0 aliphatic rings. The van der Waals surface area contributed by atoms with E-state index in [1.54, 1.807) is 0 Å². The number of aryl methyl sites for hydroxylation is 1. The topological polar surface area (TPSA) is 20.2 Å². The second-order valence-electron chi connectivity index (χ2n) is 4.91. The van der Waals surface area contributed by atoms with Gasteiger partial charge in [0, 0.05) is 0 Å². The Hall–Kier alpha value is -0.820. The summed E-state index contributed by atoms with van der Waals surface area (Å²) in [5.74, 6) is 0. The smallest absolute Gasteiger partial charge is 0.0591 e. The number of hydrogen-bond donors (Lipinski definition) is 1. The molecule has 1 atom stereocenters. The van der Waals surface area contributed by atoms with Gasteiger partial charge in [-0.2, -0.15) is 0 Å². The van der Waals surface area contributed by atoms with E-state index < -0.39 is 0 Å². The Bertz CT molecular complexity index is 258. The van der Waals surface area contributed by atoms with Gasteiger partial charge in [0.1, 0.15) is 0 Å². The van der Waals surface area contributed by atoms with E-state index in [4.69, 9.17) is 0 Å². The lowest BCUT2D eigenvalue weighted by Crippen LogP contribution is -2.26. The van der Waals surface area contributed by atoms with E-state index in [0.29, 0.717) is 0 Å². The highest BCUT2D eigenvalue weighted by molar-refractivity contribution is 5.14. The van der Waals surface area contributed by atoms with Crippen molar-refractivity contribution < 1.29 is 5.11 Å². The molecule has 1 unspecified atom stereocenters. The molecule has 0 radical (unpaired) electrons. The molecule has 1 nitrogen and oxygen atoms in total. The molecule has 78 valence electrons. The molecule has 0 saturated carbocycles. The van der Waals surface area contributed by atoms with Gasteiger partial charge >= 0.3 is 0 Å². The Labute approximate surface area is 86.8 Å². The van der Waals surface area contributed by atoms with Crippen molar-refractivity contribution in [3.8, 4) is 0 Å². The molecule has 0 heterocycles. The summed E-state index contributed by atoms with van der Waals surface area (Å²) in [6.45, 7) is 6.22. The average molecular weight is 192 g/mol. The van der Waals surface area contributed by atoms with E-state index in [9.17, 15) is 5.11 Å². The summed E-state index contributed by atoms with van der Waals surface area (Å²) in [6.07, 6.45) is 1.58. The Morgan fingerprint density at radius 3 is 2.21 bits per heavy atom. The average Bonchev–Trinajstić information content (AvgIpc) is 2.14. The molecule has 1 rings (SSSR count). The number of aliphatic hydroxyl groups is 1. The Morgan fingerprint density at radius 1 is 1.14 bits per heavy atom. The molecule has 0 saturated heterocycles. The van der Waals surface area contributed by atoms with E-state index >= 15 is 0 Å². The van der Waals surface area contributed by atoms with Crippen molar-refractivity contribution >= 4 is 0 Å². The minimum Gasteiger partial charge on any atom is -0.393 e. The quantitative estimate of drug-likeness (QED) is 0.780. The summed E-state index contributed by atoms with van der Waals surface area (Å²) in [4.78, 5) is 0. The van der Waals surface area contributed by atoms with Gasteiger partial charge in [0.25, 0.3) is 0 Å².